The van der Waals surface area contributed by atoms with E-state index in [1.54, 1.807) is 0 Å². The highest BCUT2D eigenvalue weighted by Gasteiger charge is 2.55. The maximum absolute atomic E-state index is 3.68. The first-order chi connectivity index (χ1) is 6.67. The summed E-state index contributed by atoms with van der Waals surface area (Å²) in [5, 5.41) is 3.68. The van der Waals surface area contributed by atoms with E-state index in [-0.39, 0.29) is 0 Å². The highest BCUT2D eigenvalue weighted by molar-refractivity contribution is 5.08. The predicted octanol–water partition coefficient (Wildman–Crippen LogP) is 3.20. The second-order valence-corrected chi connectivity index (χ2v) is 5.76. The van der Waals surface area contributed by atoms with E-state index in [9.17, 15) is 0 Å². The first-order valence-electron chi connectivity index (χ1n) is 6.38. The molecule has 1 heterocycles. The molecule has 0 bridgehead atoms. The highest BCUT2D eigenvalue weighted by atomic mass is 15.0. The van der Waals surface area contributed by atoms with Crippen molar-refractivity contribution in [2.75, 3.05) is 13.1 Å². The Balaban J connectivity index is 2.30. The van der Waals surface area contributed by atoms with Crippen molar-refractivity contribution < 1.29 is 0 Å². The van der Waals surface area contributed by atoms with Crippen LogP contribution in [0.25, 0.3) is 0 Å². The zero-order valence-electron chi connectivity index (χ0n) is 10.0. The number of hydrogen-bond donors (Lipinski definition) is 1. The number of rotatable bonds is 2. The average Bonchev–Trinajstić information content (AvgIpc) is 2.75. The molecule has 82 valence electrons. The maximum Gasteiger partial charge on any atom is 0.00162 e. The first kappa shape index (κ1) is 10.5. The Morgan fingerprint density at radius 1 is 1.14 bits per heavy atom. The lowest BCUT2D eigenvalue weighted by atomic mass is 9.58. The molecule has 1 saturated carbocycles. The Labute approximate surface area is 88.7 Å². The molecule has 0 radical (unpaired) electrons. The molecular formula is C13H25N. The second-order valence-electron chi connectivity index (χ2n) is 5.76. The summed E-state index contributed by atoms with van der Waals surface area (Å²) in [6, 6.07) is 0. The van der Waals surface area contributed by atoms with Gasteiger partial charge in [0.25, 0.3) is 0 Å². The molecule has 0 aromatic carbocycles. The van der Waals surface area contributed by atoms with Crippen LogP contribution in [-0.2, 0) is 0 Å². The van der Waals surface area contributed by atoms with E-state index in [1.165, 1.54) is 45.2 Å². The molecule has 2 aliphatic rings. The van der Waals surface area contributed by atoms with Crippen molar-refractivity contribution in [3.8, 4) is 0 Å². The topological polar surface area (TPSA) is 12.0 Å². The first-order valence-corrected chi connectivity index (χ1v) is 6.38. The summed E-state index contributed by atoms with van der Waals surface area (Å²) in [6.07, 6.45) is 7.25. The van der Waals surface area contributed by atoms with Gasteiger partial charge < -0.3 is 5.32 Å². The standard InChI is InChI=1S/C13H25N/c1-4-13(11(2)3)10-14-9-12(13)7-5-6-8-12/h11,14H,4-10H2,1-3H3. The summed E-state index contributed by atoms with van der Waals surface area (Å²) in [6.45, 7) is 9.81. The monoisotopic (exact) mass is 195 g/mol. The molecule has 1 nitrogen and oxygen atoms in total. The predicted molar refractivity (Wildman–Crippen MR) is 61.3 cm³/mol. The van der Waals surface area contributed by atoms with Crippen LogP contribution in [-0.4, -0.2) is 13.1 Å². The van der Waals surface area contributed by atoms with Crippen LogP contribution in [0.15, 0.2) is 0 Å². The van der Waals surface area contributed by atoms with Crippen molar-refractivity contribution in [1.29, 1.82) is 0 Å². The van der Waals surface area contributed by atoms with E-state index in [0.717, 1.165) is 5.92 Å². The molecule has 1 aliphatic heterocycles. The van der Waals surface area contributed by atoms with E-state index in [2.05, 4.69) is 26.1 Å². The molecular weight excluding hydrogens is 170 g/mol. The van der Waals surface area contributed by atoms with Gasteiger partial charge in [-0.3, -0.25) is 0 Å². The fourth-order valence-electron chi connectivity index (χ4n) is 4.34. The second kappa shape index (κ2) is 3.52. The summed E-state index contributed by atoms with van der Waals surface area (Å²) >= 11 is 0. The number of hydrogen-bond acceptors (Lipinski definition) is 1. The molecule has 14 heavy (non-hydrogen) atoms. The van der Waals surface area contributed by atoms with Gasteiger partial charge in [0.05, 0.1) is 0 Å². The van der Waals surface area contributed by atoms with Gasteiger partial charge in [-0.15, -0.1) is 0 Å². The SMILES string of the molecule is CCC1(C(C)C)CNCC12CCCC2. The van der Waals surface area contributed by atoms with Gasteiger partial charge in [-0.2, -0.15) is 0 Å². The van der Waals surface area contributed by atoms with E-state index < -0.39 is 0 Å². The molecule has 1 aliphatic carbocycles. The molecule has 0 amide bonds. The van der Waals surface area contributed by atoms with Gasteiger partial charge in [0.15, 0.2) is 0 Å². The highest BCUT2D eigenvalue weighted by Crippen LogP contribution is 2.58. The van der Waals surface area contributed by atoms with Gasteiger partial charge in [0.2, 0.25) is 0 Å². The molecule has 1 spiro atoms. The van der Waals surface area contributed by atoms with E-state index >= 15 is 0 Å². The smallest absolute Gasteiger partial charge is 0.00162 e. The summed E-state index contributed by atoms with van der Waals surface area (Å²) in [5.41, 5.74) is 1.26. The van der Waals surface area contributed by atoms with Gasteiger partial charge in [0, 0.05) is 13.1 Å². The minimum Gasteiger partial charge on any atom is -0.316 e. The van der Waals surface area contributed by atoms with Crippen LogP contribution in [0.3, 0.4) is 0 Å². The lowest BCUT2D eigenvalue weighted by molar-refractivity contribution is 0.0413. The maximum atomic E-state index is 3.68. The van der Waals surface area contributed by atoms with Gasteiger partial charge in [0.1, 0.15) is 0 Å². The van der Waals surface area contributed by atoms with Crippen LogP contribution < -0.4 is 5.32 Å². The van der Waals surface area contributed by atoms with Crippen LogP contribution in [0, 0.1) is 16.7 Å². The molecule has 2 fully saturated rings. The minimum absolute atomic E-state index is 0.601. The van der Waals surface area contributed by atoms with Crippen molar-refractivity contribution in [2.45, 2.75) is 52.9 Å². The van der Waals surface area contributed by atoms with E-state index in [1.807, 2.05) is 0 Å². The molecule has 0 aromatic rings. The van der Waals surface area contributed by atoms with Crippen LogP contribution in [0.5, 0.6) is 0 Å². The minimum atomic E-state index is 0.601. The largest absolute Gasteiger partial charge is 0.316 e. The Kier molecular flexibility index (Phi) is 2.63. The lowest BCUT2D eigenvalue weighted by Gasteiger charge is -2.46. The average molecular weight is 195 g/mol. The Morgan fingerprint density at radius 2 is 1.79 bits per heavy atom. The third kappa shape index (κ3) is 1.18. The van der Waals surface area contributed by atoms with Gasteiger partial charge in [-0.1, -0.05) is 33.6 Å². The molecule has 1 atom stereocenters. The summed E-state index contributed by atoms with van der Waals surface area (Å²) in [4.78, 5) is 0. The van der Waals surface area contributed by atoms with Crippen molar-refractivity contribution in [3.05, 3.63) is 0 Å². The van der Waals surface area contributed by atoms with Crippen LogP contribution in [0.4, 0.5) is 0 Å². The zero-order chi connectivity index (χ0) is 10.2. The number of nitrogens with one attached hydrogen (secondary N) is 1. The van der Waals surface area contributed by atoms with Crippen LogP contribution in [0.1, 0.15) is 52.9 Å². The summed E-state index contributed by atoms with van der Waals surface area (Å²) in [7, 11) is 0. The van der Waals surface area contributed by atoms with Gasteiger partial charge in [-0.25, -0.2) is 0 Å². The molecule has 0 aromatic heterocycles. The Hall–Kier alpha value is -0.0400. The third-order valence-electron chi connectivity index (χ3n) is 5.26. The van der Waals surface area contributed by atoms with Crippen LogP contribution >= 0.6 is 0 Å². The Bertz CT molecular complexity index is 198. The molecule has 1 unspecified atom stereocenters. The third-order valence-corrected chi connectivity index (χ3v) is 5.26. The van der Waals surface area contributed by atoms with Crippen LogP contribution in [0.2, 0.25) is 0 Å². The van der Waals surface area contributed by atoms with Crippen molar-refractivity contribution in [2.24, 2.45) is 16.7 Å². The van der Waals surface area contributed by atoms with Crippen molar-refractivity contribution in [3.63, 3.8) is 0 Å². The lowest BCUT2D eigenvalue weighted by Crippen LogP contribution is -2.42. The van der Waals surface area contributed by atoms with Gasteiger partial charge >= 0.3 is 0 Å². The van der Waals surface area contributed by atoms with Crippen molar-refractivity contribution >= 4 is 0 Å². The zero-order valence-corrected chi connectivity index (χ0v) is 10.0. The molecule has 1 N–H and O–H groups in total. The van der Waals surface area contributed by atoms with Gasteiger partial charge in [-0.05, 0) is 36.0 Å². The van der Waals surface area contributed by atoms with E-state index in [4.69, 9.17) is 0 Å². The summed E-state index contributed by atoms with van der Waals surface area (Å²) in [5.74, 6) is 0.834. The molecule has 1 saturated heterocycles. The quantitative estimate of drug-likeness (QED) is 0.713. The molecule has 2 rings (SSSR count). The van der Waals surface area contributed by atoms with Crippen molar-refractivity contribution in [1.82, 2.24) is 5.32 Å². The summed E-state index contributed by atoms with van der Waals surface area (Å²) < 4.78 is 0. The Morgan fingerprint density at radius 3 is 2.29 bits per heavy atom. The normalized spacial score (nSPS) is 36.0. The fraction of sp³-hybridized carbons (Fsp3) is 1.00. The van der Waals surface area contributed by atoms with E-state index in [0.29, 0.717) is 10.8 Å². The molecule has 1 heteroatoms. The fourth-order valence-corrected chi connectivity index (χ4v) is 4.34.